The lowest BCUT2D eigenvalue weighted by Crippen LogP contribution is -2.42. The van der Waals surface area contributed by atoms with Gasteiger partial charge in [0.25, 0.3) is 0 Å². The maximum atomic E-state index is 5.05. The number of rotatable bonds is 5. The van der Waals surface area contributed by atoms with Crippen LogP contribution in [-0.4, -0.2) is 47.3 Å². The highest BCUT2D eigenvalue weighted by molar-refractivity contribution is 4.82. The van der Waals surface area contributed by atoms with E-state index in [0.717, 1.165) is 44.4 Å². The van der Waals surface area contributed by atoms with Gasteiger partial charge in [-0.25, -0.2) is 0 Å². The molecule has 2 heterocycles. The summed E-state index contributed by atoms with van der Waals surface area (Å²) in [6, 6.07) is 0.611. The summed E-state index contributed by atoms with van der Waals surface area (Å²) in [5, 5.41) is 7.31. The van der Waals surface area contributed by atoms with E-state index in [1.165, 1.54) is 19.2 Å². The Morgan fingerprint density at radius 3 is 3.22 bits per heavy atom. The maximum absolute atomic E-state index is 5.05. The van der Waals surface area contributed by atoms with E-state index in [1.807, 2.05) is 0 Å². The second-order valence-corrected chi connectivity index (χ2v) is 5.19. The zero-order valence-corrected chi connectivity index (χ0v) is 11.4. The minimum Gasteiger partial charge on any atom is -0.340 e. The van der Waals surface area contributed by atoms with E-state index >= 15 is 0 Å². The zero-order valence-electron chi connectivity index (χ0n) is 11.4. The molecule has 1 aromatic heterocycles. The fourth-order valence-electron chi connectivity index (χ4n) is 2.45. The predicted octanol–water partition coefficient (Wildman–Crippen LogP) is 1.32. The van der Waals surface area contributed by atoms with Gasteiger partial charge in [0.1, 0.15) is 0 Å². The lowest BCUT2D eigenvalue weighted by molar-refractivity contribution is 0.232. The van der Waals surface area contributed by atoms with Gasteiger partial charge in [0.05, 0.1) is 0 Å². The Bertz CT molecular complexity index is 328. The van der Waals surface area contributed by atoms with Gasteiger partial charge in [-0.3, -0.25) is 0 Å². The lowest BCUT2D eigenvalue weighted by Gasteiger charge is -2.27. The molecule has 102 valence electrons. The van der Waals surface area contributed by atoms with Crippen LogP contribution in [-0.2, 0) is 6.42 Å². The van der Waals surface area contributed by atoms with E-state index in [1.54, 1.807) is 0 Å². The summed E-state index contributed by atoms with van der Waals surface area (Å²) < 4.78 is 5.05. The van der Waals surface area contributed by atoms with Crippen LogP contribution in [0.5, 0.6) is 0 Å². The van der Waals surface area contributed by atoms with Gasteiger partial charge < -0.3 is 14.7 Å². The maximum Gasteiger partial charge on any atom is 0.227 e. The van der Waals surface area contributed by atoms with E-state index in [0.29, 0.717) is 6.04 Å². The summed E-state index contributed by atoms with van der Waals surface area (Å²) in [7, 11) is 0. The molecule has 0 amide bonds. The van der Waals surface area contributed by atoms with E-state index in [4.69, 9.17) is 4.52 Å². The van der Waals surface area contributed by atoms with Gasteiger partial charge in [-0.2, -0.15) is 4.98 Å². The molecule has 5 nitrogen and oxygen atoms in total. The fraction of sp³-hybridized carbons (Fsp3) is 0.846. The monoisotopic (exact) mass is 252 g/mol. The molecule has 2 rings (SSSR count). The van der Waals surface area contributed by atoms with Crippen molar-refractivity contribution in [3.05, 3.63) is 12.2 Å². The molecule has 0 aliphatic carbocycles. The third kappa shape index (κ3) is 3.78. The van der Waals surface area contributed by atoms with Crippen molar-refractivity contribution in [3.8, 4) is 0 Å². The molecule has 0 saturated carbocycles. The van der Waals surface area contributed by atoms with Crippen LogP contribution in [0.4, 0.5) is 0 Å². The molecule has 1 saturated heterocycles. The molecule has 1 aliphatic rings. The second kappa shape index (κ2) is 6.85. The van der Waals surface area contributed by atoms with Crippen molar-refractivity contribution < 1.29 is 4.52 Å². The Morgan fingerprint density at radius 1 is 1.61 bits per heavy atom. The lowest BCUT2D eigenvalue weighted by atomic mass is 9.99. The SMILES string of the molecule is CCC(C)C1CN(CCc2ncno2)CCCN1. The average Bonchev–Trinajstić information content (AvgIpc) is 2.80. The van der Waals surface area contributed by atoms with Crippen LogP contribution in [0.15, 0.2) is 10.9 Å². The number of hydrogen-bond donors (Lipinski definition) is 1. The molecule has 0 aromatic carbocycles. The van der Waals surface area contributed by atoms with Crippen molar-refractivity contribution in [1.29, 1.82) is 0 Å². The zero-order chi connectivity index (χ0) is 12.8. The van der Waals surface area contributed by atoms with Crippen molar-refractivity contribution in [2.24, 2.45) is 5.92 Å². The molecule has 2 unspecified atom stereocenters. The molecule has 5 heteroatoms. The molecule has 1 aromatic rings. The van der Waals surface area contributed by atoms with Crippen molar-refractivity contribution in [2.75, 3.05) is 26.2 Å². The van der Waals surface area contributed by atoms with E-state index < -0.39 is 0 Å². The van der Waals surface area contributed by atoms with E-state index in [2.05, 4.69) is 34.2 Å². The molecule has 1 N–H and O–H groups in total. The number of aromatic nitrogens is 2. The fourth-order valence-corrected chi connectivity index (χ4v) is 2.45. The summed E-state index contributed by atoms with van der Waals surface area (Å²) in [5.74, 6) is 1.47. The van der Waals surface area contributed by atoms with E-state index in [9.17, 15) is 0 Å². The molecule has 2 atom stereocenters. The Balaban J connectivity index is 1.83. The van der Waals surface area contributed by atoms with Crippen LogP contribution in [0.2, 0.25) is 0 Å². The van der Waals surface area contributed by atoms with Crippen LogP contribution in [0.1, 0.15) is 32.6 Å². The van der Waals surface area contributed by atoms with Crippen LogP contribution in [0.3, 0.4) is 0 Å². The Hall–Kier alpha value is -0.940. The number of hydrogen-bond acceptors (Lipinski definition) is 5. The predicted molar refractivity (Wildman–Crippen MR) is 70.3 cm³/mol. The van der Waals surface area contributed by atoms with Crippen LogP contribution in [0, 0.1) is 5.92 Å². The van der Waals surface area contributed by atoms with Gasteiger partial charge in [-0.1, -0.05) is 25.4 Å². The molecular formula is C13H24N4O. The molecule has 0 radical (unpaired) electrons. The van der Waals surface area contributed by atoms with Crippen LogP contribution < -0.4 is 5.32 Å². The first-order chi connectivity index (χ1) is 8.79. The highest BCUT2D eigenvalue weighted by atomic mass is 16.5. The van der Waals surface area contributed by atoms with Crippen molar-refractivity contribution in [3.63, 3.8) is 0 Å². The highest BCUT2D eigenvalue weighted by Crippen LogP contribution is 2.12. The molecule has 0 spiro atoms. The van der Waals surface area contributed by atoms with Crippen LogP contribution >= 0.6 is 0 Å². The largest absolute Gasteiger partial charge is 0.340 e. The summed E-state index contributed by atoms with van der Waals surface area (Å²) >= 11 is 0. The van der Waals surface area contributed by atoms with Gasteiger partial charge in [-0.15, -0.1) is 0 Å². The molecule has 1 aliphatic heterocycles. The van der Waals surface area contributed by atoms with Crippen molar-refractivity contribution >= 4 is 0 Å². The molecular weight excluding hydrogens is 228 g/mol. The third-order valence-corrected chi connectivity index (χ3v) is 3.89. The molecule has 18 heavy (non-hydrogen) atoms. The Labute approximate surface area is 109 Å². The topological polar surface area (TPSA) is 54.2 Å². The van der Waals surface area contributed by atoms with Gasteiger partial charge in [0.2, 0.25) is 5.89 Å². The minimum atomic E-state index is 0.611. The summed E-state index contributed by atoms with van der Waals surface area (Å²) in [6.45, 7) is 9.03. The average molecular weight is 252 g/mol. The third-order valence-electron chi connectivity index (χ3n) is 3.89. The van der Waals surface area contributed by atoms with Gasteiger partial charge in [0, 0.05) is 25.6 Å². The highest BCUT2D eigenvalue weighted by Gasteiger charge is 2.21. The smallest absolute Gasteiger partial charge is 0.227 e. The first-order valence-electron chi connectivity index (χ1n) is 7.01. The van der Waals surface area contributed by atoms with E-state index in [-0.39, 0.29) is 0 Å². The first-order valence-corrected chi connectivity index (χ1v) is 7.01. The van der Waals surface area contributed by atoms with Crippen molar-refractivity contribution in [2.45, 2.75) is 39.2 Å². The number of nitrogens with one attached hydrogen (secondary N) is 1. The number of nitrogens with zero attached hydrogens (tertiary/aromatic N) is 3. The van der Waals surface area contributed by atoms with Gasteiger partial charge >= 0.3 is 0 Å². The van der Waals surface area contributed by atoms with Crippen molar-refractivity contribution in [1.82, 2.24) is 20.4 Å². The minimum absolute atomic E-state index is 0.611. The quantitative estimate of drug-likeness (QED) is 0.856. The summed E-state index contributed by atoms with van der Waals surface area (Å²) in [6.07, 6.45) is 4.78. The Kier molecular flexibility index (Phi) is 5.13. The van der Waals surface area contributed by atoms with Gasteiger partial charge in [0.15, 0.2) is 6.33 Å². The molecule has 0 bridgehead atoms. The van der Waals surface area contributed by atoms with Crippen LogP contribution in [0.25, 0.3) is 0 Å². The summed E-state index contributed by atoms with van der Waals surface area (Å²) in [4.78, 5) is 6.59. The normalized spacial score (nSPS) is 23.8. The molecule has 1 fully saturated rings. The standard InChI is InChI=1S/C13H24N4O/c1-3-11(2)12-9-17(7-4-6-14-12)8-5-13-15-10-16-18-13/h10-12,14H,3-9H2,1-2H3. The van der Waals surface area contributed by atoms with Gasteiger partial charge in [-0.05, 0) is 25.4 Å². The Morgan fingerprint density at radius 2 is 2.50 bits per heavy atom. The summed E-state index contributed by atoms with van der Waals surface area (Å²) in [5.41, 5.74) is 0. The second-order valence-electron chi connectivity index (χ2n) is 5.19. The first kappa shape index (κ1) is 13.5.